The third-order valence-electron chi connectivity index (χ3n) is 4.39. The van der Waals surface area contributed by atoms with Gasteiger partial charge in [-0.15, -0.1) is 0 Å². The number of furan rings is 1. The molecule has 1 fully saturated rings. The van der Waals surface area contributed by atoms with Crippen LogP contribution in [0.25, 0.3) is 0 Å². The van der Waals surface area contributed by atoms with Crippen molar-refractivity contribution in [2.24, 2.45) is 0 Å². The second kappa shape index (κ2) is 8.27. The van der Waals surface area contributed by atoms with Crippen LogP contribution >= 0.6 is 0 Å². The molecule has 25 heavy (non-hydrogen) atoms. The van der Waals surface area contributed by atoms with Crippen LogP contribution in [0, 0.1) is 6.92 Å². The summed E-state index contributed by atoms with van der Waals surface area (Å²) in [6.45, 7) is 8.01. The molecular weight excluding hydrogens is 318 g/mol. The predicted octanol–water partition coefficient (Wildman–Crippen LogP) is 2.18. The molecule has 0 aromatic carbocycles. The quantitative estimate of drug-likeness (QED) is 0.871. The molecule has 3 rings (SSSR count). The first-order valence-electron chi connectivity index (χ1n) is 8.70. The van der Waals surface area contributed by atoms with Gasteiger partial charge in [0.2, 0.25) is 0 Å². The van der Waals surface area contributed by atoms with Crippen molar-refractivity contribution in [3.05, 3.63) is 53.2 Å². The summed E-state index contributed by atoms with van der Waals surface area (Å²) in [6.07, 6.45) is 4.02. The smallest absolute Gasteiger partial charge is 0.254 e. The van der Waals surface area contributed by atoms with E-state index < -0.39 is 0 Å². The highest BCUT2D eigenvalue weighted by Crippen LogP contribution is 2.13. The van der Waals surface area contributed by atoms with Crippen molar-refractivity contribution < 1.29 is 13.9 Å². The average Bonchev–Trinajstić information content (AvgIpc) is 3.06. The number of carbonyl (C=O) groups is 1. The SMILES string of the molecule is Cc1cccnc1CC(C)NC(=O)c1coc(CN2CCOCC2)c1. The zero-order valence-corrected chi connectivity index (χ0v) is 14.8. The van der Waals surface area contributed by atoms with Gasteiger partial charge in [0.15, 0.2) is 0 Å². The van der Waals surface area contributed by atoms with E-state index >= 15 is 0 Å². The van der Waals surface area contributed by atoms with E-state index in [0.29, 0.717) is 18.5 Å². The summed E-state index contributed by atoms with van der Waals surface area (Å²) in [6, 6.07) is 5.77. The number of pyridine rings is 1. The van der Waals surface area contributed by atoms with E-state index in [4.69, 9.17) is 9.15 Å². The van der Waals surface area contributed by atoms with Crippen molar-refractivity contribution in [1.29, 1.82) is 0 Å². The Morgan fingerprint density at radius 2 is 2.20 bits per heavy atom. The Morgan fingerprint density at radius 1 is 1.40 bits per heavy atom. The first-order chi connectivity index (χ1) is 12.1. The Morgan fingerprint density at radius 3 is 2.96 bits per heavy atom. The fourth-order valence-corrected chi connectivity index (χ4v) is 2.94. The van der Waals surface area contributed by atoms with Gasteiger partial charge in [-0.25, -0.2) is 0 Å². The molecule has 2 aromatic heterocycles. The van der Waals surface area contributed by atoms with Gasteiger partial charge >= 0.3 is 0 Å². The number of amides is 1. The highest BCUT2D eigenvalue weighted by molar-refractivity contribution is 5.94. The van der Waals surface area contributed by atoms with Crippen LogP contribution in [0.4, 0.5) is 0 Å². The molecule has 0 aliphatic carbocycles. The minimum Gasteiger partial charge on any atom is -0.467 e. The monoisotopic (exact) mass is 343 g/mol. The number of nitrogens with zero attached hydrogens (tertiary/aromatic N) is 2. The molecule has 3 heterocycles. The molecule has 1 aliphatic rings. The molecule has 1 saturated heterocycles. The van der Waals surface area contributed by atoms with E-state index in [-0.39, 0.29) is 11.9 Å². The minimum absolute atomic E-state index is 0.00121. The van der Waals surface area contributed by atoms with Crippen LogP contribution in [0.1, 0.15) is 34.3 Å². The van der Waals surface area contributed by atoms with Crippen molar-refractivity contribution in [3.63, 3.8) is 0 Å². The number of aromatic nitrogens is 1. The molecule has 2 aromatic rings. The Balaban J connectivity index is 1.53. The van der Waals surface area contributed by atoms with Gasteiger partial charge in [0.1, 0.15) is 12.0 Å². The van der Waals surface area contributed by atoms with Gasteiger partial charge in [-0.1, -0.05) is 6.07 Å². The van der Waals surface area contributed by atoms with E-state index in [1.807, 2.05) is 32.0 Å². The molecule has 0 spiro atoms. The van der Waals surface area contributed by atoms with Crippen molar-refractivity contribution in [2.45, 2.75) is 32.9 Å². The first kappa shape index (κ1) is 17.6. The Labute approximate surface area is 148 Å². The molecule has 1 atom stereocenters. The Hall–Kier alpha value is -2.18. The molecule has 1 unspecified atom stereocenters. The third kappa shape index (κ3) is 4.90. The van der Waals surface area contributed by atoms with Gasteiger partial charge in [0.05, 0.1) is 25.3 Å². The maximum absolute atomic E-state index is 12.4. The number of hydrogen-bond acceptors (Lipinski definition) is 5. The zero-order chi connectivity index (χ0) is 17.6. The first-order valence-corrected chi connectivity index (χ1v) is 8.70. The van der Waals surface area contributed by atoms with Gasteiger partial charge in [0.25, 0.3) is 5.91 Å². The number of morpholine rings is 1. The lowest BCUT2D eigenvalue weighted by molar-refractivity contribution is 0.0313. The van der Waals surface area contributed by atoms with Crippen molar-refractivity contribution in [1.82, 2.24) is 15.2 Å². The van der Waals surface area contributed by atoms with E-state index in [9.17, 15) is 4.79 Å². The largest absolute Gasteiger partial charge is 0.467 e. The molecule has 1 aliphatic heterocycles. The van der Waals surface area contributed by atoms with Crippen LogP contribution < -0.4 is 5.32 Å². The lowest BCUT2D eigenvalue weighted by atomic mass is 10.1. The van der Waals surface area contributed by atoms with Crippen LogP contribution in [-0.2, 0) is 17.7 Å². The fourth-order valence-electron chi connectivity index (χ4n) is 2.94. The number of hydrogen-bond donors (Lipinski definition) is 1. The second-order valence-electron chi connectivity index (χ2n) is 6.54. The van der Waals surface area contributed by atoms with Crippen LogP contribution in [0.3, 0.4) is 0 Å². The second-order valence-corrected chi connectivity index (χ2v) is 6.54. The summed E-state index contributed by atoms with van der Waals surface area (Å²) in [4.78, 5) is 19.1. The minimum atomic E-state index is -0.113. The molecule has 0 bridgehead atoms. The van der Waals surface area contributed by atoms with Crippen molar-refractivity contribution in [3.8, 4) is 0 Å². The molecule has 134 valence electrons. The normalized spacial score (nSPS) is 16.6. The van der Waals surface area contributed by atoms with Gasteiger partial charge in [-0.3, -0.25) is 14.7 Å². The Bertz CT molecular complexity index is 707. The average molecular weight is 343 g/mol. The summed E-state index contributed by atoms with van der Waals surface area (Å²) in [5, 5.41) is 3.02. The van der Waals surface area contributed by atoms with Crippen molar-refractivity contribution >= 4 is 5.91 Å². The van der Waals surface area contributed by atoms with E-state index in [1.165, 1.54) is 6.26 Å². The van der Waals surface area contributed by atoms with Crippen molar-refractivity contribution in [2.75, 3.05) is 26.3 Å². The standard InChI is InChI=1S/C19H25N3O3/c1-14-4-3-5-20-18(14)10-15(2)21-19(23)16-11-17(25-13-16)12-22-6-8-24-9-7-22/h3-5,11,13,15H,6-10,12H2,1-2H3,(H,21,23). The molecule has 6 nitrogen and oxygen atoms in total. The van der Waals surface area contributed by atoms with Crippen LogP contribution in [-0.4, -0.2) is 48.1 Å². The summed E-state index contributed by atoms with van der Waals surface area (Å²) in [7, 11) is 0. The van der Waals surface area contributed by atoms with E-state index in [0.717, 1.165) is 43.3 Å². The molecule has 1 N–H and O–H groups in total. The van der Waals surface area contributed by atoms with E-state index in [2.05, 4.69) is 15.2 Å². The molecule has 0 saturated carbocycles. The molecular formula is C19H25N3O3. The maximum Gasteiger partial charge on any atom is 0.254 e. The number of ether oxygens (including phenoxy) is 1. The highest BCUT2D eigenvalue weighted by atomic mass is 16.5. The maximum atomic E-state index is 12.4. The van der Waals surface area contributed by atoms with Gasteiger partial charge in [0, 0.05) is 37.4 Å². The van der Waals surface area contributed by atoms with Gasteiger partial charge in [-0.2, -0.15) is 0 Å². The fraction of sp³-hybridized carbons (Fsp3) is 0.474. The summed E-state index contributed by atoms with van der Waals surface area (Å²) < 4.78 is 10.9. The van der Waals surface area contributed by atoms with Crippen LogP contribution in [0.15, 0.2) is 35.1 Å². The van der Waals surface area contributed by atoms with Gasteiger partial charge < -0.3 is 14.5 Å². The summed E-state index contributed by atoms with van der Waals surface area (Å²) in [5.41, 5.74) is 2.71. The molecule has 1 amide bonds. The topological polar surface area (TPSA) is 67.6 Å². The van der Waals surface area contributed by atoms with Gasteiger partial charge in [-0.05, 0) is 31.5 Å². The third-order valence-corrected chi connectivity index (χ3v) is 4.39. The lowest BCUT2D eigenvalue weighted by Gasteiger charge is -2.25. The van der Waals surface area contributed by atoms with Crippen LogP contribution in [0.5, 0.6) is 0 Å². The predicted molar refractivity (Wildman–Crippen MR) is 94.4 cm³/mol. The molecule has 0 radical (unpaired) electrons. The number of carbonyl (C=O) groups excluding carboxylic acids is 1. The van der Waals surface area contributed by atoms with E-state index in [1.54, 1.807) is 6.20 Å². The Kier molecular flexibility index (Phi) is 5.83. The number of rotatable bonds is 6. The lowest BCUT2D eigenvalue weighted by Crippen LogP contribution is -2.35. The zero-order valence-electron chi connectivity index (χ0n) is 14.8. The summed E-state index contributed by atoms with van der Waals surface area (Å²) in [5.74, 6) is 0.693. The number of nitrogens with one attached hydrogen (secondary N) is 1. The summed E-state index contributed by atoms with van der Waals surface area (Å²) >= 11 is 0. The molecule has 6 heteroatoms. The highest BCUT2D eigenvalue weighted by Gasteiger charge is 2.17. The van der Waals surface area contributed by atoms with Crippen LogP contribution in [0.2, 0.25) is 0 Å². The number of aryl methyl sites for hydroxylation is 1.